The SMILES string of the molecule is Cc1nc(-c2ncccn2)sc1C(=O)Nc1ccc(-n2cnc3ccccc32)nc1. The lowest BCUT2D eigenvalue weighted by Crippen LogP contribution is -2.12. The molecule has 9 heteroatoms. The van der Waals surface area contributed by atoms with Gasteiger partial charge >= 0.3 is 0 Å². The normalized spacial score (nSPS) is 11.0. The number of carbonyl (C=O) groups excluding carboxylic acids is 1. The number of imidazole rings is 1. The Morgan fingerprint density at radius 1 is 1.00 bits per heavy atom. The van der Waals surface area contributed by atoms with Crippen LogP contribution in [0.5, 0.6) is 0 Å². The summed E-state index contributed by atoms with van der Waals surface area (Å²) in [5.74, 6) is 0.984. The second kappa shape index (κ2) is 7.45. The Labute approximate surface area is 175 Å². The van der Waals surface area contributed by atoms with E-state index in [0.717, 1.165) is 16.9 Å². The van der Waals surface area contributed by atoms with Crippen molar-refractivity contribution in [2.24, 2.45) is 0 Å². The largest absolute Gasteiger partial charge is 0.320 e. The van der Waals surface area contributed by atoms with Crippen molar-refractivity contribution in [2.45, 2.75) is 6.92 Å². The van der Waals surface area contributed by atoms with Crippen LogP contribution in [-0.2, 0) is 0 Å². The molecule has 0 radical (unpaired) electrons. The molecule has 0 atom stereocenters. The van der Waals surface area contributed by atoms with Gasteiger partial charge in [0.25, 0.3) is 5.91 Å². The molecule has 0 aliphatic heterocycles. The molecule has 1 N–H and O–H groups in total. The van der Waals surface area contributed by atoms with Gasteiger partial charge in [0, 0.05) is 12.4 Å². The molecular formula is C21H15N7OS. The van der Waals surface area contributed by atoms with Crippen LogP contribution in [0.3, 0.4) is 0 Å². The van der Waals surface area contributed by atoms with Crippen LogP contribution in [0.2, 0.25) is 0 Å². The Balaban J connectivity index is 1.36. The molecule has 5 rings (SSSR count). The van der Waals surface area contributed by atoms with E-state index < -0.39 is 0 Å². The first-order valence-corrected chi connectivity index (χ1v) is 9.95. The number of nitrogens with zero attached hydrogens (tertiary/aromatic N) is 6. The van der Waals surface area contributed by atoms with Crippen molar-refractivity contribution in [2.75, 3.05) is 5.32 Å². The predicted octanol–water partition coefficient (Wildman–Crippen LogP) is 3.89. The van der Waals surface area contributed by atoms with Gasteiger partial charge < -0.3 is 5.32 Å². The van der Waals surface area contributed by atoms with Crippen LogP contribution in [0, 0.1) is 6.92 Å². The molecule has 5 aromatic rings. The fourth-order valence-corrected chi connectivity index (χ4v) is 3.95. The Kier molecular flexibility index (Phi) is 4.49. The monoisotopic (exact) mass is 413 g/mol. The lowest BCUT2D eigenvalue weighted by Gasteiger charge is -2.06. The van der Waals surface area contributed by atoms with Crippen molar-refractivity contribution in [3.05, 3.63) is 78.0 Å². The molecule has 4 heterocycles. The summed E-state index contributed by atoms with van der Waals surface area (Å²) in [4.78, 5) is 34.9. The van der Waals surface area contributed by atoms with E-state index in [1.807, 2.05) is 41.0 Å². The quantitative estimate of drug-likeness (QED) is 0.480. The standard InChI is InChI=1S/C21H15N7OS/c1-13-18(30-21(26-13)19-22-9-4-10-23-19)20(29)27-14-7-8-17(24-11-14)28-12-25-15-5-2-3-6-16(15)28/h2-12H,1H3,(H,27,29). The minimum absolute atomic E-state index is 0.241. The molecule has 4 aromatic heterocycles. The maximum absolute atomic E-state index is 12.7. The highest BCUT2D eigenvalue weighted by Crippen LogP contribution is 2.26. The molecule has 8 nitrogen and oxygen atoms in total. The lowest BCUT2D eigenvalue weighted by atomic mass is 10.3. The fourth-order valence-electron chi connectivity index (χ4n) is 3.04. The smallest absolute Gasteiger partial charge is 0.267 e. The third-order valence-electron chi connectivity index (χ3n) is 4.47. The number of fused-ring (bicyclic) bond motifs is 1. The summed E-state index contributed by atoms with van der Waals surface area (Å²) in [6.07, 6.45) is 6.66. The van der Waals surface area contributed by atoms with E-state index in [0.29, 0.717) is 27.1 Å². The van der Waals surface area contributed by atoms with Crippen molar-refractivity contribution in [3.8, 4) is 16.6 Å². The van der Waals surface area contributed by atoms with Gasteiger partial charge in [-0.05, 0) is 37.3 Å². The number of para-hydroxylation sites is 2. The number of aryl methyl sites for hydroxylation is 1. The van der Waals surface area contributed by atoms with Crippen molar-refractivity contribution in [1.29, 1.82) is 0 Å². The number of pyridine rings is 1. The molecule has 0 fully saturated rings. The van der Waals surface area contributed by atoms with E-state index in [1.54, 1.807) is 37.9 Å². The van der Waals surface area contributed by atoms with Crippen molar-refractivity contribution in [1.82, 2.24) is 29.5 Å². The van der Waals surface area contributed by atoms with E-state index >= 15 is 0 Å². The Morgan fingerprint density at radius 3 is 2.63 bits per heavy atom. The number of hydrogen-bond acceptors (Lipinski definition) is 7. The Morgan fingerprint density at radius 2 is 1.83 bits per heavy atom. The maximum Gasteiger partial charge on any atom is 0.267 e. The minimum Gasteiger partial charge on any atom is -0.320 e. The number of aromatic nitrogens is 6. The zero-order valence-electron chi connectivity index (χ0n) is 15.9. The van der Waals surface area contributed by atoms with Gasteiger partial charge in [0.1, 0.15) is 17.0 Å². The average Bonchev–Trinajstić information content (AvgIpc) is 3.39. The Bertz CT molecular complexity index is 1340. The molecule has 0 spiro atoms. The van der Waals surface area contributed by atoms with Crippen molar-refractivity contribution in [3.63, 3.8) is 0 Å². The fraction of sp³-hybridized carbons (Fsp3) is 0.0476. The number of carbonyl (C=O) groups is 1. The molecule has 1 aromatic carbocycles. The number of amides is 1. The van der Waals surface area contributed by atoms with Crippen LogP contribution in [0.1, 0.15) is 15.4 Å². The molecule has 30 heavy (non-hydrogen) atoms. The lowest BCUT2D eigenvalue weighted by molar-refractivity contribution is 0.102. The molecule has 1 amide bonds. The molecule has 146 valence electrons. The van der Waals surface area contributed by atoms with Gasteiger partial charge in [-0.3, -0.25) is 9.36 Å². The average molecular weight is 413 g/mol. The van der Waals surface area contributed by atoms with E-state index in [-0.39, 0.29) is 5.91 Å². The second-order valence-corrected chi connectivity index (χ2v) is 7.47. The highest BCUT2D eigenvalue weighted by Gasteiger charge is 2.18. The van der Waals surface area contributed by atoms with Crippen LogP contribution in [0.15, 0.2) is 67.4 Å². The number of thiazole rings is 1. The van der Waals surface area contributed by atoms with Crippen LogP contribution in [-0.4, -0.2) is 35.4 Å². The van der Waals surface area contributed by atoms with Gasteiger partial charge in [-0.25, -0.2) is 24.9 Å². The van der Waals surface area contributed by atoms with Gasteiger partial charge in [-0.2, -0.15) is 0 Å². The Hall–Kier alpha value is -3.98. The van der Waals surface area contributed by atoms with Gasteiger partial charge in [0.2, 0.25) is 0 Å². The summed E-state index contributed by atoms with van der Waals surface area (Å²) in [5, 5.41) is 3.49. The molecule has 0 aliphatic carbocycles. The number of nitrogens with one attached hydrogen (secondary N) is 1. The number of hydrogen-bond donors (Lipinski definition) is 1. The summed E-state index contributed by atoms with van der Waals surface area (Å²) >= 11 is 1.26. The molecule has 0 bridgehead atoms. The predicted molar refractivity (Wildman–Crippen MR) is 115 cm³/mol. The zero-order chi connectivity index (χ0) is 20.5. The van der Waals surface area contributed by atoms with E-state index in [1.165, 1.54) is 11.3 Å². The summed E-state index contributed by atoms with van der Waals surface area (Å²) in [5.41, 5.74) is 3.10. The van der Waals surface area contributed by atoms with Crippen molar-refractivity contribution >= 4 is 34.0 Å². The van der Waals surface area contributed by atoms with Crippen LogP contribution in [0.4, 0.5) is 5.69 Å². The van der Waals surface area contributed by atoms with Gasteiger partial charge in [-0.1, -0.05) is 12.1 Å². The molecule has 0 aliphatic rings. The number of benzene rings is 1. The topological polar surface area (TPSA) is 98.5 Å². The van der Waals surface area contributed by atoms with E-state index in [4.69, 9.17) is 0 Å². The van der Waals surface area contributed by atoms with Crippen LogP contribution < -0.4 is 5.32 Å². The summed E-state index contributed by atoms with van der Waals surface area (Å²) in [6.45, 7) is 1.79. The first kappa shape index (κ1) is 18.1. The molecule has 0 unspecified atom stereocenters. The summed E-state index contributed by atoms with van der Waals surface area (Å²) in [7, 11) is 0. The highest BCUT2D eigenvalue weighted by atomic mass is 32.1. The van der Waals surface area contributed by atoms with Crippen LogP contribution >= 0.6 is 11.3 Å². The van der Waals surface area contributed by atoms with Gasteiger partial charge in [0.15, 0.2) is 10.8 Å². The number of anilines is 1. The maximum atomic E-state index is 12.7. The van der Waals surface area contributed by atoms with Gasteiger partial charge in [-0.15, -0.1) is 11.3 Å². The highest BCUT2D eigenvalue weighted by molar-refractivity contribution is 7.17. The first-order chi connectivity index (χ1) is 14.7. The minimum atomic E-state index is -0.241. The zero-order valence-corrected chi connectivity index (χ0v) is 16.7. The van der Waals surface area contributed by atoms with Gasteiger partial charge in [0.05, 0.1) is 28.6 Å². The summed E-state index contributed by atoms with van der Waals surface area (Å²) < 4.78 is 1.90. The second-order valence-electron chi connectivity index (χ2n) is 6.47. The number of rotatable bonds is 4. The summed E-state index contributed by atoms with van der Waals surface area (Å²) in [6, 6.07) is 13.2. The third-order valence-corrected chi connectivity index (χ3v) is 5.62. The van der Waals surface area contributed by atoms with E-state index in [9.17, 15) is 4.79 Å². The first-order valence-electron chi connectivity index (χ1n) is 9.14. The van der Waals surface area contributed by atoms with E-state index in [2.05, 4.69) is 30.2 Å². The molecular weight excluding hydrogens is 398 g/mol. The van der Waals surface area contributed by atoms with Crippen molar-refractivity contribution < 1.29 is 4.79 Å². The molecule has 0 saturated carbocycles. The third kappa shape index (κ3) is 3.31. The molecule has 0 saturated heterocycles. The van der Waals surface area contributed by atoms with Crippen LogP contribution in [0.25, 0.3) is 27.7 Å².